The Kier molecular flexibility index (Phi) is 8.99. The molecule has 8 nitrogen and oxygen atoms in total. The van der Waals surface area contributed by atoms with Crippen LogP contribution in [-0.4, -0.2) is 47.9 Å². The summed E-state index contributed by atoms with van der Waals surface area (Å²) in [5, 5.41) is 3.73. The number of hydrogen-bond donors (Lipinski definition) is 2. The monoisotopic (exact) mass is 591 g/mol. The molecule has 1 aliphatic rings. The Bertz CT molecular complexity index is 1460. The molecule has 2 N–H and O–H groups in total. The van der Waals surface area contributed by atoms with Crippen LogP contribution >= 0.6 is 23.1 Å². The van der Waals surface area contributed by atoms with Gasteiger partial charge in [0.05, 0.1) is 43.0 Å². The molecular weight excluding hydrogens is 558 g/mol. The van der Waals surface area contributed by atoms with E-state index in [2.05, 4.69) is 10.3 Å². The van der Waals surface area contributed by atoms with E-state index < -0.39 is 5.25 Å². The molecule has 1 atom stereocenters. The highest BCUT2D eigenvalue weighted by Gasteiger charge is 2.29. The second kappa shape index (κ2) is 12.8. The number of carbonyl (C=O) groups excluding carboxylic acids is 2. The van der Waals surface area contributed by atoms with Gasteiger partial charge in [-0.25, -0.2) is 9.78 Å². The van der Waals surface area contributed by atoms with E-state index in [-0.39, 0.29) is 18.5 Å². The van der Waals surface area contributed by atoms with Crippen LogP contribution in [0.4, 0.5) is 5.00 Å². The highest BCUT2D eigenvalue weighted by molar-refractivity contribution is 8.00. The maximum atomic E-state index is 13.4. The lowest BCUT2D eigenvalue weighted by Gasteiger charge is -2.13. The number of anilines is 1. The van der Waals surface area contributed by atoms with Crippen LogP contribution in [0, 0.1) is 0 Å². The third-order valence-corrected chi connectivity index (χ3v) is 9.16. The minimum Gasteiger partial charge on any atom is -0.497 e. The zero-order valence-corrected chi connectivity index (χ0v) is 25.2. The van der Waals surface area contributed by atoms with Gasteiger partial charge in [0, 0.05) is 16.0 Å². The van der Waals surface area contributed by atoms with Crippen molar-refractivity contribution >= 4 is 40.0 Å². The highest BCUT2D eigenvalue weighted by Crippen LogP contribution is 2.40. The molecule has 10 heteroatoms. The van der Waals surface area contributed by atoms with E-state index >= 15 is 0 Å². The lowest BCUT2D eigenvalue weighted by Crippen LogP contribution is -2.23. The van der Waals surface area contributed by atoms with Gasteiger partial charge < -0.3 is 24.5 Å². The minimum atomic E-state index is -0.484. The Balaban J connectivity index is 1.40. The summed E-state index contributed by atoms with van der Waals surface area (Å²) in [6, 6.07) is 15.5. The first-order chi connectivity index (χ1) is 19.9. The molecule has 214 valence electrons. The maximum absolute atomic E-state index is 13.4. The molecule has 1 aliphatic carbocycles. The van der Waals surface area contributed by atoms with Gasteiger partial charge in [-0.05, 0) is 93.6 Å². The van der Waals surface area contributed by atoms with Crippen molar-refractivity contribution in [2.45, 2.75) is 49.9 Å². The zero-order chi connectivity index (χ0) is 28.9. The molecule has 0 aliphatic heterocycles. The van der Waals surface area contributed by atoms with E-state index in [1.807, 2.05) is 55.5 Å². The van der Waals surface area contributed by atoms with Crippen molar-refractivity contribution in [3.8, 4) is 34.0 Å². The summed E-state index contributed by atoms with van der Waals surface area (Å²) in [6.07, 6.45) is 3.86. The molecule has 2 aromatic heterocycles. The Hall–Kier alpha value is -3.76. The zero-order valence-electron chi connectivity index (χ0n) is 23.5. The number of methoxy groups -OCH3 is 2. The molecule has 0 saturated heterocycles. The summed E-state index contributed by atoms with van der Waals surface area (Å²) >= 11 is 2.82. The fourth-order valence-corrected chi connectivity index (χ4v) is 6.93. The summed E-state index contributed by atoms with van der Waals surface area (Å²) < 4.78 is 16.0. The van der Waals surface area contributed by atoms with Crippen LogP contribution in [-0.2, 0) is 22.4 Å². The Labute approximate surface area is 247 Å². The summed E-state index contributed by atoms with van der Waals surface area (Å²) in [4.78, 5) is 35.7. The molecule has 2 heterocycles. The normalized spacial score (nSPS) is 13.3. The number of H-pyrrole nitrogens is 1. The topological polar surface area (TPSA) is 103 Å². The van der Waals surface area contributed by atoms with E-state index in [4.69, 9.17) is 19.2 Å². The van der Waals surface area contributed by atoms with E-state index in [9.17, 15) is 9.59 Å². The number of esters is 1. The Morgan fingerprint density at radius 2 is 1.63 bits per heavy atom. The second-order valence-electron chi connectivity index (χ2n) is 9.61. The maximum Gasteiger partial charge on any atom is 0.341 e. The van der Waals surface area contributed by atoms with Gasteiger partial charge in [-0.3, -0.25) is 4.79 Å². The minimum absolute atomic E-state index is 0.201. The number of aromatic nitrogens is 2. The second-order valence-corrected chi connectivity index (χ2v) is 12.0. The molecule has 5 rings (SSSR count). The van der Waals surface area contributed by atoms with Crippen molar-refractivity contribution in [1.82, 2.24) is 9.97 Å². The van der Waals surface area contributed by atoms with Gasteiger partial charge in [0.1, 0.15) is 16.5 Å². The number of thiophene rings is 1. The molecule has 2 aromatic carbocycles. The first-order valence-electron chi connectivity index (χ1n) is 13.6. The van der Waals surface area contributed by atoms with Crippen LogP contribution in [0.2, 0.25) is 0 Å². The van der Waals surface area contributed by atoms with Gasteiger partial charge in [0.15, 0.2) is 5.16 Å². The van der Waals surface area contributed by atoms with Crippen LogP contribution in [0.25, 0.3) is 22.5 Å². The van der Waals surface area contributed by atoms with Crippen LogP contribution in [0.5, 0.6) is 11.5 Å². The number of aromatic amines is 1. The first kappa shape index (κ1) is 28.8. The first-order valence-corrected chi connectivity index (χ1v) is 15.3. The van der Waals surface area contributed by atoms with Crippen LogP contribution < -0.4 is 14.8 Å². The number of hydrogen-bond acceptors (Lipinski definition) is 8. The van der Waals surface area contributed by atoms with Crippen molar-refractivity contribution in [2.24, 2.45) is 0 Å². The molecular formula is C31H33N3O5S2. The average molecular weight is 592 g/mol. The van der Waals surface area contributed by atoms with Gasteiger partial charge >= 0.3 is 5.97 Å². The standard InChI is InChI=1S/C31H33N3O5S2/c1-5-39-30(36)25-23-8-6-7-9-24(23)41-29(25)34-28(35)18(2)40-31-32-26(19-10-14-21(37-3)15-11-19)27(33-31)20-12-16-22(38-4)17-13-20/h10-18H,5-9H2,1-4H3,(H,32,33)(H,34,35). The molecule has 1 amide bonds. The summed E-state index contributed by atoms with van der Waals surface area (Å²) in [5.41, 5.74) is 5.00. The third-order valence-electron chi connectivity index (χ3n) is 6.97. The molecule has 0 fully saturated rings. The number of thioether (sulfide) groups is 1. The van der Waals surface area contributed by atoms with Gasteiger partial charge in [-0.15, -0.1) is 11.3 Å². The molecule has 0 radical (unpaired) electrons. The number of ether oxygens (including phenoxy) is 3. The van der Waals surface area contributed by atoms with Gasteiger partial charge in [0.2, 0.25) is 5.91 Å². The van der Waals surface area contributed by atoms with Gasteiger partial charge in [-0.2, -0.15) is 0 Å². The Morgan fingerprint density at radius 1 is 1.00 bits per heavy atom. The fourth-order valence-electron chi connectivity index (χ4n) is 4.84. The SMILES string of the molecule is CCOC(=O)c1c(NC(=O)C(C)Sc2nc(-c3ccc(OC)cc3)c(-c3ccc(OC)cc3)[nH]2)sc2c1CCCC2. The van der Waals surface area contributed by atoms with E-state index in [1.165, 1.54) is 23.1 Å². The number of imidazole rings is 1. The van der Waals surface area contributed by atoms with E-state index in [0.717, 1.165) is 70.1 Å². The van der Waals surface area contributed by atoms with Crippen molar-refractivity contribution in [3.05, 3.63) is 64.5 Å². The predicted octanol–water partition coefficient (Wildman–Crippen LogP) is 7.00. The van der Waals surface area contributed by atoms with E-state index in [1.54, 1.807) is 21.1 Å². The van der Waals surface area contributed by atoms with Crippen LogP contribution in [0.1, 0.15) is 47.5 Å². The quantitative estimate of drug-likeness (QED) is 0.151. The average Bonchev–Trinajstić information content (AvgIpc) is 3.58. The number of rotatable bonds is 10. The fraction of sp³-hybridized carbons (Fsp3) is 0.323. The number of carbonyl (C=O) groups is 2. The summed E-state index contributed by atoms with van der Waals surface area (Å²) in [6.45, 7) is 3.91. The van der Waals surface area contributed by atoms with Crippen molar-refractivity contribution in [1.29, 1.82) is 0 Å². The predicted molar refractivity (Wildman–Crippen MR) is 163 cm³/mol. The Morgan fingerprint density at radius 3 is 2.27 bits per heavy atom. The molecule has 4 aromatic rings. The smallest absolute Gasteiger partial charge is 0.341 e. The van der Waals surface area contributed by atoms with Crippen LogP contribution in [0.15, 0.2) is 53.7 Å². The number of nitrogens with one attached hydrogen (secondary N) is 2. The summed E-state index contributed by atoms with van der Waals surface area (Å²) in [5.74, 6) is 0.943. The number of amides is 1. The molecule has 1 unspecified atom stereocenters. The van der Waals surface area contributed by atoms with E-state index in [0.29, 0.717) is 15.7 Å². The van der Waals surface area contributed by atoms with Gasteiger partial charge in [0.25, 0.3) is 0 Å². The van der Waals surface area contributed by atoms with Crippen molar-refractivity contribution in [3.63, 3.8) is 0 Å². The van der Waals surface area contributed by atoms with Gasteiger partial charge in [-0.1, -0.05) is 11.8 Å². The lowest BCUT2D eigenvalue weighted by atomic mass is 9.95. The molecule has 0 bridgehead atoms. The van der Waals surface area contributed by atoms with Crippen molar-refractivity contribution in [2.75, 3.05) is 26.1 Å². The molecule has 0 spiro atoms. The number of benzene rings is 2. The molecule has 0 saturated carbocycles. The largest absolute Gasteiger partial charge is 0.497 e. The molecule has 41 heavy (non-hydrogen) atoms. The number of fused-ring (bicyclic) bond motifs is 1. The highest BCUT2D eigenvalue weighted by atomic mass is 32.2. The summed E-state index contributed by atoms with van der Waals surface area (Å²) in [7, 11) is 3.27. The number of nitrogens with zero attached hydrogens (tertiary/aromatic N) is 1. The van der Waals surface area contributed by atoms with Crippen molar-refractivity contribution < 1.29 is 23.8 Å². The number of aryl methyl sites for hydroxylation is 1. The third kappa shape index (κ3) is 6.28. The van der Waals surface area contributed by atoms with Crippen LogP contribution in [0.3, 0.4) is 0 Å². The lowest BCUT2D eigenvalue weighted by molar-refractivity contribution is -0.115.